The minimum Gasteiger partial charge on any atom is -0.495 e. The highest BCUT2D eigenvalue weighted by Gasteiger charge is 2.39. The average Bonchev–Trinajstić information content (AvgIpc) is 3.73. The molecule has 2 aliphatic carbocycles. The molecule has 2 aliphatic rings. The van der Waals surface area contributed by atoms with Crippen LogP contribution in [-0.2, 0) is 4.79 Å². The molecule has 0 aromatic heterocycles. The molecule has 0 unspecified atom stereocenters. The summed E-state index contributed by atoms with van der Waals surface area (Å²) in [7, 11) is 3.09. The Morgan fingerprint density at radius 2 is 1.54 bits per heavy atom. The maximum atomic E-state index is 13.5. The van der Waals surface area contributed by atoms with Gasteiger partial charge in [0.25, 0.3) is 11.8 Å². The summed E-state index contributed by atoms with van der Waals surface area (Å²) in [6.07, 6.45) is 7.95. The van der Waals surface area contributed by atoms with Crippen molar-refractivity contribution in [3.05, 3.63) is 48.0 Å². The van der Waals surface area contributed by atoms with Crippen LogP contribution in [0.1, 0.15) is 62.2 Å². The van der Waals surface area contributed by atoms with Crippen molar-refractivity contribution in [3.63, 3.8) is 0 Å². The summed E-state index contributed by atoms with van der Waals surface area (Å²) >= 11 is 0. The Balaban J connectivity index is 1.41. The zero-order valence-corrected chi connectivity index (χ0v) is 20.9. The van der Waals surface area contributed by atoms with E-state index in [1.807, 2.05) is 12.1 Å². The molecule has 0 spiro atoms. The number of methoxy groups -OCH3 is 2. The van der Waals surface area contributed by atoms with Gasteiger partial charge in [0.1, 0.15) is 5.75 Å². The summed E-state index contributed by atoms with van der Waals surface area (Å²) in [5.74, 6) is 1.96. The lowest BCUT2D eigenvalue weighted by molar-refractivity contribution is -0.118. The van der Waals surface area contributed by atoms with Gasteiger partial charge in [-0.25, -0.2) is 0 Å². The molecular formula is C28H36N2O5. The van der Waals surface area contributed by atoms with Gasteiger partial charge in [-0.2, -0.15) is 0 Å². The largest absolute Gasteiger partial charge is 0.495 e. The summed E-state index contributed by atoms with van der Waals surface area (Å²) in [4.78, 5) is 28.1. The van der Waals surface area contributed by atoms with Crippen LogP contribution in [0.15, 0.2) is 42.5 Å². The van der Waals surface area contributed by atoms with E-state index in [4.69, 9.17) is 14.2 Å². The number of hydrogen-bond acceptors (Lipinski definition) is 5. The number of rotatable bonds is 10. The second kappa shape index (κ2) is 11.5. The van der Waals surface area contributed by atoms with Crippen LogP contribution in [-0.4, -0.2) is 49.6 Å². The lowest BCUT2D eigenvalue weighted by Gasteiger charge is -2.37. The number of para-hydroxylation sites is 2. The molecule has 2 amide bonds. The van der Waals surface area contributed by atoms with Crippen molar-refractivity contribution < 1.29 is 23.8 Å². The number of hydrogen-bond donors (Lipinski definition) is 1. The molecule has 7 nitrogen and oxygen atoms in total. The molecular weight excluding hydrogens is 444 g/mol. The summed E-state index contributed by atoms with van der Waals surface area (Å²) in [5.41, 5.74) is 1.17. The van der Waals surface area contributed by atoms with Crippen LogP contribution in [0.3, 0.4) is 0 Å². The highest BCUT2D eigenvalue weighted by Crippen LogP contribution is 2.38. The topological polar surface area (TPSA) is 77.1 Å². The van der Waals surface area contributed by atoms with Crippen LogP contribution in [0.2, 0.25) is 0 Å². The van der Waals surface area contributed by atoms with Gasteiger partial charge in [0.05, 0.1) is 19.9 Å². The van der Waals surface area contributed by atoms with Gasteiger partial charge in [0.15, 0.2) is 18.1 Å². The number of amides is 2. The fraction of sp³-hybridized carbons (Fsp3) is 0.500. The molecule has 0 atom stereocenters. The van der Waals surface area contributed by atoms with E-state index in [0.29, 0.717) is 40.6 Å². The summed E-state index contributed by atoms with van der Waals surface area (Å²) in [6.45, 7) is 2.06. The number of anilines is 1. The van der Waals surface area contributed by atoms with E-state index in [1.54, 1.807) is 37.4 Å². The number of carbonyl (C=O) groups is 2. The Morgan fingerprint density at radius 3 is 2.17 bits per heavy atom. The molecule has 2 aromatic carbocycles. The van der Waals surface area contributed by atoms with Gasteiger partial charge in [-0.1, -0.05) is 25.5 Å². The van der Waals surface area contributed by atoms with Gasteiger partial charge in [-0.05, 0) is 74.8 Å². The zero-order valence-electron chi connectivity index (χ0n) is 20.9. The first-order valence-electron chi connectivity index (χ1n) is 12.6. The van der Waals surface area contributed by atoms with Crippen molar-refractivity contribution >= 4 is 17.5 Å². The molecule has 4 rings (SSSR count). The van der Waals surface area contributed by atoms with E-state index in [1.165, 1.54) is 26.4 Å². The molecule has 7 heteroatoms. The molecule has 0 radical (unpaired) electrons. The molecule has 2 fully saturated rings. The molecule has 0 heterocycles. The van der Waals surface area contributed by atoms with Crippen molar-refractivity contribution in [3.8, 4) is 17.2 Å². The number of nitrogens with one attached hydrogen (secondary N) is 1. The van der Waals surface area contributed by atoms with E-state index in [2.05, 4.69) is 17.1 Å². The van der Waals surface area contributed by atoms with Crippen molar-refractivity contribution in [2.75, 3.05) is 26.1 Å². The van der Waals surface area contributed by atoms with E-state index in [-0.39, 0.29) is 18.4 Å². The molecule has 0 aliphatic heterocycles. The average molecular weight is 481 g/mol. The Kier molecular flexibility index (Phi) is 8.16. The van der Waals surface area contributed by atoms with Crippen molar-refractivity contribution in [1.29, 1.82) is 0 Å². The van der Waals surface area contributed by atoms with Crippen molar-refractivity contribution in [2.45, 2.75) is 64.0 Å². The molecule has 1 N–H and O–H groups in total. The first-order chi connectivity index (χ1) is 17.0. The molecule has 0 saturated heterocycles. The lowest BCUT2D eigenvalue weighted by atomic mass is 9.83. The number of benzene rings is 2. The minimum absolute atomic E-state index is 0.0613. The van der Waals surface area contributed by atoms with Gasteiger partial charge in [-0.3, -0.25) is 9.59 Å². The second-order valence-corrected chi connectivity index (χ2v) is 9.43. The zero-order chi connectivity index (χ0) is 24.8. The van der Waals surface area contributed by atoms with E-state index < -0.39 is 0 Å². The van der Waals surface area contributed by atoms with Crippen molar-refractivity contribution in [1.82, 2.24) is 4.90 Å². The number of ether oxygens (including phenoxy) is 3. The van der Waals surface area contributed by atoms with Crippen molar-refractivity contribution in [2.24, 2.45) is 5.92 Å². The fourth-order valence-electron chi connectivity index (χ4n) is 4.96. The summed E-state index contributed by atoms with van der Waals surface area (Å²) in [5, 5.41) is 2.79. The monoisotopic (exact) mass is 480 g/mol. The Hall–Kier alpha value is -3.22. The third kappa shape index (κ3) is 6.08. The van der Waals surface area contributed by atoms with Gasteiger partial charge in [0, 0.05) is 17.6 Å². The van der Waals surface area contributed by atoms with Crippen LogP contribution < -0.4 is 19.5 Å². The van der Waals surface area contributed by atoms with E-state index in [0.717, 1.165) is 31.6 Å². The van der Waals surface area contributed by atoms with Crippen LogP contribution in [0.4, 0.5) is 5.69 Å². The van der Waals surface area contributed by atoms with E-state index in [9.17, 15) is 9.59 Å². The molecule has 35 heavy (non-hydrogen) atoms. The fourth-order valence-corrected chi connectivity index (χ4v) is 4.96. The predicted octanol–water partition coefficient (Wildman–Crippen LogP) is 5.29. The van der Waals surface area contributed by atoms with Crippen LogP contribution in [0.5, 0.6) is 17.2 Å². The summed E-state index contributed by atoms with van der Waals surface area (Å²) < 4.78 is 16.5. The smallest absolute Gasteiger partial charge is 0.262 e. The van der Waals surface area contributed by atoms with Gasteiger partial charge >= 0.3 is 0 Å². The highest BCUT2D eigenvalue weighted by atomic mass is 16.5. The van der Waals surface area contributed by atoms with Gasteiger partial charge in [-0.15, -0.1) is 0 Å². The molecule has 2 aromatic rings. The highest BCUT2D eigenvalue weighted by molar-refractivity contribution is 5.96. The van der Waals surface area contributed by atoms with E-state index >= 15 is 0 Å². The minimum atomic E-state index is -0.320. The predicted molar refractivity (Wildman–Crippen MR) is 135 cm³/mol. The van der Waals surface area contributed by atoms with Crippen LogP contribution >= 0.6 is 0 Å². The van der Waals surface area contributed by atoms with Crippen LogP contribution in [0.25, 0.3) is 0 Å². The third-order valence-corrected chi connectivity index (χ3v) is 7.11. The third-order valence-electron chi connectivity index (χ3n) is 7.11. The Morgan fingerprint density at radius 1 is 0.886 bits per heavy atom. The Labute approximate surface area is 207 Å². The maximum Gasteiger partial charge on any atom is 0.262 e. The first kappa shape index (κ1) is 24.9. The SMILES string of the molecule is CCC1CCC(N(C(=O)c2ccc(OCC(=O)Nc3ccccc3OC)c(OC)c2)C2CC2)CC1. The number of carbonyl (C=O) groups excluding carboxylic acids is 2. The molecule has 2 saturated carbocycles. The molecule has 188 valence electrons. The van der Waals surface area contributed by atoms with Gasteiger partial charge < -0.3 is 24.4 Å². The first-order valence-corrected chi connectivity index (χ1v) is 12.6. The standard InChI is InChI=1S/C28H36N2O5/c1-4-19-9-12-21(13-10-19)30(22-14-15-22)28(32)20-11-16-25(26(17-20)34-3)35-18-27(31)29-23-7-5-6-8-24(23)33-2/h5-8,11,16-17,19,21-22H,4,9-10,12-15,18H2,1-3H3,(H,29,31). The second-order valence-electron chi connectivity index (χ2n) is 9.43. The maximum absolute atomic E-state index is 13.5. The summed E-state index contributed by atoms with van der Waals surface area (Å²) in [6, 6.07) is 13.1. The lowest BCUT2D eigenvalue weighted by Crippen LogP contribution is -2.43. The number of nitrogens with zero attached hydrogens (tertiary/aromatic N) is 1. The van der Waals surface area contributed by atoms with Gasteiger partial charge in [0.2, 0.25) is 0 Å². The normalized spacial score (nSPS) is 19.5. The Bertz CT molecular complexity index is 1030. The van der Waals surface area contributed by atoms with Crippen LogP contribution in [0, 0.1) is 5.92 Å². The quantitative estimate of drug-likeness (QED) is 0.500. The molecule has 0 bridgehead atoms.